The zero-order valence-electron chi connectivity index (χ0n) is 7.09. The fourth-order valence-electron chi connectivity index (χ4n) is 0.853. The second-order valence-electron chi connectivity index (χ2n) is 2.37. The second kappa shape index (κ2) is 5.05. The van der Waals surface area contributed by atoms with Gasteiger partial charge in [0.2, 0.25) is 0 Å². The topological polar surface area (TPSA) is 18.5 Å². The number of ether oxygens (including phenoxy) is 2. The van der Waals surface area contributed by atoms with Crippen LogP contribution in [0, 0.1) is 0 Å². The molecule has 0 aliphatic heterocycles. The van der Waals surface area contributed by atoms with E-state index in [9.17, 15) is 8.78 Å². The van der Waals surface area contributed by atoms with Gasteiger partial charge in [-0.3, -0.25) is 0 Å². The van der Waals surface area contributed by atoms with Crippen molar-refractivity contribution in [2.24, 2.45) is 0 Å². The molecule has 0 heterocycles. The summed E-state index contributed by atoms with van der Waals surface area (Å²) < 4.78 is 30.8. The minimum absolute atomic E-state index is 0.0715. The first-order chi connectivity index (χ1) is 6.88. The minimum atomic E-state index is -2.97. The Balaban J connectivity index is 2.86. The third kappa shape index (κ3) is 4.73. The lowest BCUT2D eigenvalue weighted by Gasteiger charge is -2.16. The van der Waals surface area contributed by atoms with Crippen LogP contribution < -0.4 is 9.47 Å². The molecule has 0 amide bonds. The molecular weight excluding hydrogens is 272 g/mol. The third-order valence-corrected chi connectivity index (χ3v) is 1.52. The first-order valence-corrected chi connectivity index (χ1v) is 4.81. The summed E-state index contributed by atoms with van der Waals surface area (Å²) in [5.41, 5.74) is 0. The normalized spacial score (nSPS) is 11.6. The first-order valence-electron chi connectivity index (χ1n) is 3.68. The van der Waals surface area contributed by atoms with Crippen LogP contribution in [0.15, 0.2) is 24.3 Å². The van der Waals surface area contributed by atoms with Gasteiger partial charge in [0.1, 0.15) is 0 Å². The molecule has 0 bridgehead atoms. The summed E-state index contributed by atoms with van der Waals surface area (Å²) >= 11 is 16.0. The largest absolute Gasteiger partial charge is 0.442 e. The molecule has 0 atom stereocenters. The van der Waals surface area contributed by atoms with Crippen molar-refractivity contribution < 1.29 is 18.3 Å². The number of alkyl halides is 5. The van der Waals surface area contributed by atoms with Crippen LogP contribution in [0.4, 0.5) is 8.78 Å². The van der Waals surface area contributed by atoms with Gasteiger partial charge in [-0.05, 0) is 46.9 Å². The molecule has 0 N–H and O–H groups in total. The fourth-order valence-corrected chi connectivity index (χ4v) is 1.10. The summed E-state index contributed by atoms with van der Waals surface area (Å²) in [5.74, 6) is -0.267. The Morgan fingerprint density at radius 3 is 2.07 bits per heavy atom. The van der Waals surface area contributed by atoms with Gasteiger partial charge < -0.3 is 9.47 Å². The minimum Gasteiger partial charge on any atom is -0.442 e. The maximum absolute atomic E-state index is 12.0. The smallest absolute Gasteiger partial charge is 0.387 e. The number of halogens is 5. The molecule has 15 heavy (non-hydrogen) atoms. The maximum atomic E-state index is 12.0. The molecule has 0 aliphatic carbocycles. The van der Waals surface area contributed by atoms with Crippen molar-refractivity contribution in [3.05, 3.63) is 24.3 Å². The van der Waals surface area contributed by atoms with E-state index in [-0.39, 0.29) is 11.5 Å². The Morgan fingerprint density at radius 1 is 1.07 bits per heavy atom. The van der Waals surface area contributed by atoms with Crippen LogP contribution in [0.1, 0.15) is 0 Å². The van der Waals surface area contributed by atoms with E-state index in [1.54, 1.807) is 0 Å². The summed E-state index contributed by atoms with van der Waals surface area (Å²) in [6.07, 6.45) is 0. The lowest BCUT2D eigenvalue weighted by atomic mass is 10.3. The van der Waals surface area contributed by atoms with Crippen LogP contribution in [-0.4, -0.2) is 10.6 Å². The highest BCUT2D eigenvalue weighted by molar-refractivity contribution is 6.66. The number of rotatable bonds is 3. The molecule has 1 rings (SSSR count). The third-order valence-electron chi connectivity index (χ3n) is 1.29. The van der Waals surface area contributed by atoms with Crippen LogP contribution >= 0.6 is 34.8 Å². The summed E-state index contributed by atoms with van der Waals surface area (Å²) in [6, 6.07) is 5.64. The van der Waals surface area contributed by atoms with Gasteiger partial charge in [0.05, 0.1) is 0 Å². The van der Waals surface area contributed by atoms with Crippen molar-refractivity contribution in [3.8, 4) is 11.5 Å². The van der Waals surface area contributed by atoms with E-state index in [0.717, 1.165) is 0 Å². The van der Waals surface area contributed by atoms with Crippen LogP contribution in [-0.2, 0) is 0 Å². The molecule has 1 aromatic rings. The Hall–Kier alpha value is -0.450. The predicted molar refractivity (Wildman–Crippen MR) is 54.0 cm³/mol. The SMILES string of the molecule is FC(F)Oc1ccccc1OC(Cl)(Cl)Cl. The molecule has 0 unspecified atom stereocenters. The van der Waals surface area contributed by atoms with E-state index >= 15 is 0 Å². The molecule has 0 fully saturated rings. The number of benzene rings is 1. The van der Waals surface area contributed by atoms with Crippen molar-refractivity contribution in [3.63, 3.8) is 0 Å². The van der Waals surface area contributed by atoms with Gasteiger partial charge >= 0.3 is 10.6 Å². The van der Waals surface area contributed by atoms with Gasteiger partial charge in [-0.1, -0.05) is 12.1 Å². The average molecular weight is 277 g/mol. The molecule has 2 nitrogen and oxygen atoms in total. The lowest BCUT2D eigenvalue weighted by Crippen LogP contribution is -2.14. The summed E-state index contributed by atoms with van der Waals surface area (Å²) in [5, 5.41) is 0. The van der Waals surface area contributed by atoms with Crippen molar-refractivity contribution in [1.82, 2.24) is 0 Å². The van der Waals surface area contributed by atoms with Gasteiger partial charge in [-0.15, -0.1) is 0 Å². The van der Waals surface area contributed by atoms with Crippen LogP contribution in [0.2, 0.25) is 0 Å². The molecule has 0 saturated heterocycles. The molecule has 0 spiro atoms. The summed E-state index contributed by atoms with van der Waals surface area (Å²) in [4.78, 5) is 0. The van der Waals surface area contributed by atoms with E-state index in [1.807, 2.05) is 0 Å². The average Bonchev–Trinajstić information content (AvgIpc) is 2.05. The summed E-state index contributed by atoms with van der Waals surface area (Å²) in [7, 11) is 0. The zero-order chi connectivity index (χ0) is 11.5. The highest BCUT2D eigenvalue weighted by Gasteiger charge is 2.24. The van der Waals surface area contributed by atoms with Crippen molar-refractivity contribution >= 4 is 34.8 Å². The van der Waals surface area contributed by atoms with Gasteiger partial charge in [-0.2, -0.15) is 8.78 Å². The molecule has 0 radical (unpaired) electrons. The van der Waals surface area contributed by atoms with E-state index in [2.05, 4.69) is 4.74 Å². The quantitative estimate of drug-likeness (QED) is 0.778. The molecule has 7 heteroatoms. The van der Waals surface area contributed by atoms with E-state index in [4.69, 9.17) is 39.5 Å². The number of hydrogen-bond donors (Lipinski definition) is 0. The second-order valence-corrected chi connectivity index (χ2v) is 4.55. The van der Waals surface area contributed by atoms with Crippen molar-refractivity contribution in [2.75, 3.05) is 0 Å². The van der Waals surface area contributed by atoms with Gasteiger partial charge in [0.15, 0.2) is 11.5 Å². The van der Waals surface area contributed by atoms with Crippen LogP contribution in [0.25, 0.3) is 0 Å². The molecule has 84 valence electrons. The van der Waals surface area contributed by atoms with E-state index in [1.165, 1.54) is 24.3 Å². The zero-order valence-corrected chi connectivity index (χ0v) is 9.36. The Kier molecular flexibility index (Phi) is 4.25. The van der Waals surface area contributed by atoms with Gasteiger partial charge in [0, 0.05) is 0 Å². The lowest BCUT2D eigenvalue weighted by molar-refractivity contribution is -0.0515. The number of hydrogen-bond acceptors (Lipinski definition) is 2. The number of para-hydroxylation sites is 2. The Bertz CT molecular complexity index is 328. The Morgan fingerprint density at radius 2 is 1.60 bits per heavy atom. The molecule has 1 aromatic carbocycles. The standard InChI is InChI=1S/C8H5Cl3F2O2/c9-8(10,11)15-6-4-2-1-3-5(6)14-7(12)13/h1-4,7H. The van der Waals surface area contributed by atoms with Crippen LogP contribution in [0.5, 0.6) is 11.5 Å². The molecule has 0 saturated carbocycles. The highest BCUT2D eigenvalue weighted by Crippen LogP contribution is 2.36. The fraction of sp³-hybridized carbons (Fsp3) is 0.250. The first kappa shape index (κ1) is 12.6. The molecule has 0 aliphatic rings. The summed E-state index contributed by atoms with van der Waals surface area (Å²) in [6.45, 7) is -2.97. The Labute approximate surface area is 99.6 Å². The molecular formula is C8H5Cl3F2O2. The maximum Gasteiger partial charge on any atom is 0.387 e. The van der Waals surface area contributed by atoms with Gasteiger partial charge in [-0.25, -0.2) is 0 Å². The van der Waals surface area contributed by atoms with Crippen LogP contribution in [0.3, 0.4) is 0 Å². The van der Waals surface area contributed by atoms with Crippen molar-refractivity contribution in [1.29, 1.82) is 0 Å². The van der Waals surface area contributed by atoms with E-state index in [0.29, 0.717) is 0 Å². The predicted octanol–water partition coefficient (Wildman–Crippen LogP) is 3.99. The van der Waals surface area contributed by atoms with E-state index < -0.39 is 10.6 Å². The van der Waals surface area contributed by atoms with Crippen molar-refractivity contribution in [2.45, 2.75) is 10.6 Å². The molecule has 0 aromatic heterocycles. The highest BCUT2D eigenvalue weighted by atomic mass is 35.6. The monoisotopic (exact) mass is 276 g/mol. The van der Waals surface area contributed by atoms with Gasteiger partial charge in [0.25, 0.3) is 0 Å².